The van der Waals surface area contributed by atoms with Crippen LogP contribution >= 0.6 is 0 Å². The highest BCUT2D eigenvalue weighted by molar-refractivity contribution is 5.98. The number of halogens is 2. The molecule has 3 nitrogen and oxygen atoms in total. The second-order valence-corrected chi connectivity index (χ2v) is 8.91. The van der Waals surface area contributed by atoms with Gasteiger partial charge in [0.05, 0.1) is 6.61 Å². The van der Waals surface area contributed by atoms with E-state index in [9.17, 15) is 14.3 Å². The van der Waals surface area contributed by atoms with E-state index in [1.807, 2.05) is 43.0 Å². The number of Topliss-reactive ketones (excluding diaryl/α,β-unsaturated/α-hetero) is 1. The standard InChI is InChI=1S/C28H29F2NO2/c1-18-7-5-11-22(19(18)2)27-24(23-10-3-4-12-26(23)30)16-31(13-14-32)17-25(27)28(33)20-8-6-9-21(29)15-20/h3-12,15,24-25,27,32H,13-14,16-17H2,1-2H3/t24-,25+,27+/m1/s1. The first kappa shape index (κ1) is 23.3. The number of hydrogen-bond donors (Lipinski definition) is 1. The van der Waals surface area contributed by atoms with Gasteiger partial charge in [0, 0.05) is 43.0 Å². The Morgan fingerprint density at radius 3 is 2.42 bits per heavy atom. The molecule has 0 radical (unpaired) electrons. The predicted molar refractivity (Wildman–Crippen MR) is 126 cm³/mol. The van der Waals surface area contributed by atoms with Crippen molar-refractivity contribution in [1.29, 1.82) is 0 Å². The fourth-order valence-electron chi connectivity index (χ4n) is 5.20. The molecule has 3 aromatic carbocycles. The Balaban J connectivity index is 1.89. The van der Waals surface area contributed by atoms with Crippen molar-refractivity contribution in [3.8, 4) is 0 Å². The minimum atomic E-state index is -0.516. The van der Waals surface area contributed by atoms with Crippen molar-refractivity contribution in [3.63, 3.8) is 0 Å². The smallest absolute Gasteiger partial charge is 0.167 e. The number of aliphatic hydroxyl groups excluding tert-OH is 1. The van der Waals surface area contributed by atoms with E-state index in [0.29, 0.717) is 30.8 Å². The molecule has 33 heavy (non-hydrogen) atoms. The van der Waals surface area contributed by atoms with Crippen LogP contribution in [0.3, 0.4) is 0 Å². The van der Waals surface area contributed by atoms with E-state index in [-0.39, 0.29) is 30.0 Å². The van der Waals surface area contributed by atoms with E-state index in [2.05, 4.69) is 0 Å². The number of nitrogens with zero attached hydrogens (tertiary/aromatic N) is 1. The minimum absolute atomic E-state index is 0.0565. The maximum atomic E-state index is 15.1. The Labute approximate surface area is 193 Å². The van der Waals surface area contributed by atoms with Crippen LogP contribution in [0.5, 0.6) is 0 Å². The number of β-amino-alcohol motifs (C(OH)–C–C–N with tert-alkyl or cyclic N) is 1. The number of aliphatic hydroxyl groups is 1. The van der Waals surface area contributed by atoms with Gasteiger partial charge in [-0.3, -0.25) is 9.69 Å². The maximum absolute atomic E-state index is 15.1. The van der Waals surface area contributed by atoms with Gasteiger partial charge in [-0.1, -0.05) is 48.5 Å². The van der Waals surface area contributed by atoms with Crippen molar-refractivity contribution in [2.75, 3.05) is 26.2 Å². The van der Waals surface area contributed by atoms with E-state index in [1.165, 1.54) is 24.3 Å². The number of benzene rings is 3. The second kappa shape index (κ2) is 9.94. The largest absolute Gasteiger partial charge is 0.395 e. The highest BCUT2D eigenvalue weighted by Crippen LogP contribution is 2.46. The highest BCUT2D eigenvalue weighted by atomic mass is 19.1. The molecule has 3 aromatic rings. The summed E-state index contributed by atoms with van der Waals surface area (Å²) < 4.78 is 29.0. The summed E-state index contributed by atoms with van der Waals surface area (Å²) in [6.07, 6.45) is 0. The van der Waals surface area contributed by atoms with E-state index in [4.69, 9.17) is 0 Å². The lowest BCUT2D eigenvalue weighted by atomic mass is 9.67. The molecule has 0 aromatic heterocycles. The Bertz CT molecular complexity index is 1150. The number of ketones is 1. The number of likely N-dealkylation sites (tertiary alicyclic amines) is 1. The molecule has 0 bridgehead atoms. The molecule has 3 atom stereocenters. The van der Waals surface area contributed by atoms with Gasteiger partial charge in [-0.15, -0.1) is 0 Å². The minimum Gasteiger partial charge on any atom is -0.395 e. The third kappa shape index (κ3) is 4.75. The van der Waals surface area contributed by atoms with E-state index >= 15 is 4.39 Å². The van der Waals surface area contributed by atoms with Crippen LogP contribution in [0.15, 0.2) is 66.7 Å². The fourth-order valence-corrected chi connectivity index (χ4v) is 5.20. The SMILES string of the molecule is Cc1cccc([C@@H]2[C@@H](C(=O)c3cccc(F)c3)CN(CCO)C[C@@H]2c2ccccc2F)c1C. The zero-order valence-electron chi connectivity index (χ0n) is 19.0. The average molecular weight is 450 g/mol. The summed E-state index contributed by atoms with van der Waals surface area (Å²) in [5.74, 6) is -2.03. The highest BCUT2D eigenvalue weighted by Gasteiger charge is 2.43. The van der Waals surface area contributed by atoms with Crippen molar-refractivity contribution in [3.05, 3.63) is 106 Å². The average Bonchev–Trinajstić information content (AvgIpc) is 2.81. The molecule has 1 aliphatic rings. The van der Waals surface area contributed by atoms with Gasteiger partial charge in [-0.2, -0.15) is 0 Å². The zero-order valence-corrected chi connectivity index (χ0v) is 19.0. The molecule has 0 aliphatic carbocycles. The molecule has 0 saturated carbocycles. The van der Waals surface area contributed by atoms with Crippen LogP contribution in [0.4, 0.5) is 8.78 Å². The first-order valence-electron chi connectivity index (χ1n) is 11.3. The van der Waals surface area contributed by atoms with Crippen molar-refractivity contribution >= 4 is 5.78 Å². The summed E-state index contributed by atoms with van der Waals surface area (Å²) in [5, 5.41) is 9.62. The van der Waals surface area contributed by atoms with E-state index in [1.54, 1.807) is 18.2 Å². The van der Waals surface area contributed by atoms with Crippen LogP contribution in [-0.2, 0) is 0 Å². The number of rotatable bonds is 6. The zero-order chi connectivity index (χ0) is 23.5. The molecule has 5 heteroatoms. The van der Waals surface area contributed by atoms with Gasteiger partial charge in [0.2, 0.25) is 0 Å². The Morgan fingerprint density at radius 1 is 0.970 bits per heavy atom. The molecule has 0 spiro atoms. The molecular formula is C28H29F2NO2. The van der Waals surface area contributed by atoms with E-state index in [0.717, 1.165) is 16.7 Å². The number of piperidine rings is 1. The molecule has 1 fully saturated rings. The monoisotopic (exact) mass is 449 g/mol. The number of carbonyl (C=O) groups excluding carboxylic acids is 1. The van der Waals surface area contributed by atoms with Crippen molar-refractivity contribution in [1.82, 2.24) is 4.90 Å². The number of aryl methyl sites for hydroxylation is 1. The third-order valence-corrected chi connectivity index (χ3v) is 6.95. The molecule has 1 heterocycles. The number of carbonyl (C=O) groups is 1. The molecule has 0 amide bonds. The molecule has 0 unspecified atom stereocenters. The normalized spacial score (nSPS) is 21.2. The van der Waals surface area contributed by atoms with Crippen LogP contribution in [0, 0.1) is 31.4 Å². The Morgan fingerprint density at radius 2 is 1.70 bits per heavy atom. The second-order valence-electron chi connectivity index (χ2n) is 8.91. The molecule has 172 valence electrons. The Hall–Kier alpha value is -2.89. The maximum Gasteiger partial charge on any atom is 0.167 e. The van der Waals surface area contributed by atoms with Crippen LogP contribution in [0.1, 0.15) is 44.4 Å². The summed E-state index contributed by atoms with van der Waals surface area (Å²) in [5.41, 5.74) is 4.07. The first-order valence-corrected chi connectivity index (χ1v) is 11.3. The van der Waals surface area contributed by atoms with Crippen LogP contribution < -0.4 is 0 Å². The van der Waals surface area contributed by atoms with E-state index < -0.39 is 11.7 Å². The van der Waals surface area contributed by atoms with Gasteiger partial charge in [0.25, 0.3) is 0 Å². The van der Waals surface area contributed by atoms with Gasteiger partial charge in [-0.25, -0.2) is 8.78 Å². The summed E-state index contributed by atoms with van der Waals surface area (Å²) in [7, 11) is 0. The van der Waals surface area contributed by atoms with Gasteiger partial charge >= 0.3 is 0 Å². The van der Waals surface area contributed by atoms with Gasteiger partial charge in [-0.05, 0) is 54.3 Å². The summed E-state index contributed by atoms with van der Waals surface area (Å²) in [4.78, 5) is 15.8. The molecule has 1 saturated heterocycles. The van der Waals surface area contributed by atoms with Crippen molar-refractivity contribution < 1.29 is 18.7 Å². The fraction of sp³-hybridized carbons (Fsp3) is 0.321. The molecule has 1 N–H and O–H groups in total. The quantitative estimate of drug-likeness (QED) is 0.522. The third-order valence-electron chi connectivity index (χ3n) is 6.95. The lowest BCUT2D eigenvalue weighted by molar-refractivity contribution is 0.0697. The summed E-state index contributed by atoms with van der Waals surface area (Å²) >= 11 is 0. The van der Waals surface area contributed by atoms with Crippen LogP contribution in [-0.4, -0.2) is 42.0 Å². The van der Waals surface area contributed by atoms with Crippen molar-refractivity contribution in [2.24, 2.45) is 5.92 Å². The van der Waals surface area contributed by atoms with Crippen LogP contribution in [0.25, 0.3) is 0 Å². The number of hydrogen-bond acceptors (Lipinski definition) is 3. The first-order chi connectivity index (χ1) is 15.9. The van der Waals surface area contributed by atoms with Gasteiger partial charge in [0.1, 0.15) is 11.6 Å². The van der Waals surface area contributed by atoms with Crippen LogP contribution in [0.2, 0.25) is 0 Å². The summed E-state index contributed by atoms with van der Waals surface area (Å²) in [6, 6.07) is 18.5. The van der Waals surface area contributed by atoms with Crippen molar-refractivity contribution in [2.45, 2.75) is 25.7 Å². The molecular weight excluding hydrogens is 420 g/mol. The molecule has 4 rings (SSSR count). The predicted octanol–water partition coefficient (Wildman–Crippen LogP) is 5.26. The Kier molecular flexibility index (Phi) is 7.01. The lowest BCUT2D eigenvalue weighted by Gasteiger charge is -2.44. The lowest BCUT2D eigenvalue weighted by Crippen LogP contribution is -2.48. The topological polar surface area (TPSA) is 40.5 Å². The van der Waals surface area contributed by atoms with Gasteiger partial charge < -0.3 is 5.11 Å². The summed E-state index contributed by atoms with van der Waals surface area (Å²) in [6.45, 7) is 5.33. The molecule has 1 aliphatic heterocycles. The van der Waals surface area contributed by atoms with Gasteiger partial charge in [0.15, 0.2) is 5.78 Å².